The average molecular weight is 400 g/mol. The van der Waals surface area contributed by atoms with E-state index in [1.807, 2.05) is 50.0 Å². The number of anilines is 1. The van der Waals surface area contributed by atoms with Crippen LogP contribution in [-0.4, -0.2) is 33.5 Å². The highest BCUT2D eigenvalue weighted by molar-refractivity contribution is 6.30. The number of nitrogens with zero attached hydrogens (tertiary/aromatic N) is 5. The Hall–Kier alpha value is -2.47. The van der Waals surface area contributed by atoms with Gasteiger partial charge in [-0.3, -0.25) is 4.79 Å². The minimum atomic E-state index is -0.104. The fourth-order valence-corrected chi connectivity index (χ4v) is 3.72. The summed E-state index contributed by atoms with van der Waals surface area (Å²) in [4.78, 5) is 23.3. The van der Waals surface area contributed by atoms with Crippen LogP contribution in [0.2, 0.25) is 5.15 Å². The lowest BCUT2D eigenvalue weighted by Gasteiger charge is -2.25. The molecule has 0 spiro atoms. The molecular weight excluding hydrogens is 374 g/mol. The number of hydrogen-bond acceptors (Lipinski definition) is 5. The number of aryl methyl sites for hydroxylation is 1. The number of amides is 1. The first kappa shape index (κ1) is 20.3. The molecule has 2 unspecified atom stereocenters. The molecule has 0 saturated carbocycles. The molecule has 0 aliphatic carbocycles. The summed E-state index contributed by atoms with van der Waals surface area (Å²) in [6.07, 6.45) is 5.35. The molecule has 2 aliphatic rings. The van der Waals surface area contributed by atoms with E-state index in [1.54, 1.807) is 12.3 Å². The van der Waals surface area contributed by atoms with Crippen LogP contribution in [0.25, 0.3) is 0 Å². The molecule has 28 heavy (non-hydrogen) atoms. The van der Waals surface area contributed by atoms with Crippen LogP contribution >= 0.6 is 11.6 Å². The van der Waals surface area contributed by atoms with Gasteiger partial charge in [0.25, 0.3) is 5.91 Å². The third kappa shape index (κ3) is 3.61. The molecule has 0 saturated heterocycles. The summed E-state index contributed by atoms with van der Waals surface area (Å²) in [6.45, 7) is 11.5. The third-order valence-electron chi connectivity index (χ3n) is 5.01. The molecule has 148 valence electrons. The molecule has 7 heteroatoms. The predicted octanol–water partition coefficient (Wildman–Crippen LogP) is 4.62. The molecule has 1 amide bonds. The summed E-state index contributed by atoms with van der Waals surface area (Å²) >= 11 is 6.16. The molecule has 0 N–H and O–H groups in total. The van der Waals surface area contributed by atoms with E-state index in [4.69, 9.17) is 11.6 Å². The van der Waals surface area contributed by atoms with Crippen molar-refractivity contribution in [3.63, 3.8) is 0 Å². The van der Waals surface area contributed by atoms with Crippen molar-refractivity contribution in [2.24, 2.45) is 11.0 Å². The molecule has 4 rings (SSSR count). The Morgan fingerprint density at radius 2 is 2.04 bits per heavy atom. The van der Waals surface area contributed by atoms with Gasteiger partial charge in [-0.1, -0.05) is 32.4 Å². The SMILES string of the molecule is CC.Cc1cc(C(C)N2Cc3c(ccnc3Cl)C2=O)cnc1N1CC(C)C=N1. The Balaban J connectivity index is 0.00000109. The van der Waals surface area contributed by atoms with Gasteiger partial charge in [0.15, 0.2) is 5.82 Å². The zero-order valence-corrected chi connectivity index (χ0v) is 17.7. The van der Waals surface area contributed by atoms with E-state index >= 15 is 0 Å². The van der Waals surface area contributed by atoms with Crippen LogP contribution < -0.4 is 5.01 Å². The number of carbonyl (C=O) groups is 1. The molecular formula is C21H26ClN5O. The Morgan fingerprint density at radius 1 is 1.29 bits per heavy atom. The molecule has 4 heterocycles. The number of carbonyl (C=O) groups excluding carboxylic acids is 1. The summed E-state index contributed by atoms with van der Waals surface area (Å²) < 4.78 is 0. The van der Waals surface area contributed by atoms with Crippen LogP contribution in [0.1, 0.15) is 60.8 Å². The van der Waals surface area contributed by atoms with Crippen molar-refractivity contribution in [2.75, 3.05) is 11.6 Å². The zero-order chi connectivity index (χ0) is 20.4. The lowest BCUT2D eigenvalue weighted by molar-refractivity contribution is 0.0715. The van der Waals surface area contributed by atoms with Gasteiger partial charge in [-0.25, -0.2) is 15.0 Å². The second-order valence-corrected chi connectivity index (χ2v) is 7.33. The van der Waals surface area contributed by atoms with Crippen LogP contribution in [0, 0.1) is 12.8 Å². The van der Waals surface area contributed by atoms with Crippen LogP contribution in [0.5, 0.6) is 0 Å². The Kier molecular flexibility index (Phi) is 5.98. The number of halogens is 1. The maximum Gasteiger partial charge on any atom is 0.255 e. The van der Waals surface area contributed by atoms with Crippen LogP contribution in [-0.2, 0) is 6.54 Å². The van der Waals surface area contributed by atoms with Gasteiger partial charge in [0, 0.05) is 35.7 Å². The highest BCUT2D eigenvalue weighted by atomic mass is 35.5. The number of hydrogen-bond donors (Lipinski definition) is 0. The number of hydrazone groups is 1. The molecule has 0 aromatic carbocycles. The molecule has 2 aromatic rings. The van der Waals surface area contributed by atoms with Crippen LogP contribution in [0.3, 0.4) is 0 Å². The van der Waals surface area contributed by atoms with E-state index in [1.165, 1.54) is 0 Å². The lowest BCUT2D eigenvalue weighted by atomic mass is 10.1. The van der Waals surface area contributed by atoms with Crippen molar-refractivity contribution in [3.05, 3.63) is 51.9 Å². The molecule has 0 bridgehead atoms. The highest BCUT2D eigenvalue weighted by Crippen LogP contribution is 2.34. The monoisotopic (exact) mass is 399 g/mol. The van der Waals surface area contributed by atoms with Gasteiger partial charge in [0.2, 0.25) is 0 Å². The van der Waals surface area contributed by atoms with Gasteiger partial charge < -0.3 is 4.90 Å². The lowest BCUT2D eigenvalue weighted by Crippen LogP contribution is -2.27. The quantitative estimate of drug-likeness (QED) is 0.706. The second-order valence-electron chi connectivity index (χ2n) is 6.97. The smallest absolute Gasteiger partial charge is 0.255 e. The van der Waals surface area contributed by atoms with E-state index in [0.29, 0.717) is 23.2 Å². The van der Waals surface area contributed by atoms with Gasteiger partial charge in [0.1, 0.15) is 5.15 Å². The molecule has 6 nitrogen and oxygen atoms in total. The van der Waals surface area contributed by atoms with Crippen molar-refractivity contribution in [1.82, 2.24) is 14.9 Å². The van der Waals surface area contributed by atoms with Crippen LogP contribution in [0.4, 0.5) is 5.82 Å². The van der Waals surface area contributed by atoms with Gasteiger partial charge in [-0.15, -0.1) is 0 Å². The van der Waals surface area contributed by atoms with Gasteiger partial charge in [0.05, 0.1) is 19.1 Å². The van der Waals surface area contributed by atoms with E-state index in [9.17, 15) is 4.79 Å². The van der Waals surface area contributed by atoms with Crippen molar-refractivity contribution in [1.29, 1.82) is 0 Å². The number of fused-ring (bicyclic) bond motifs is 1. The van der Waals surface area contributed by atoms with Crippen LogP contribution in [0.15, 0.2) is 29.6 Å². The fourth-order valence-electron chi connectivity index (χ4n) is 3.50. The molecule has 0 radical (unpaired) electrons. The highest BCUT2D eigenvalue weighted by Gasteiger charge is 2.33. The first-order chi connectivity index (χ1) is 13.5. The summed E-state index contributed by atoms with van der Waals surface area (Å²) in [5.41, 5.74) is 3.48. The number of pyridine rings is 2. The van der Waals surface area contributed by atoms with E-state index in [2.05, 4.69) is 28.1 Å². The summed E-state index contributed by atoms with van der Waals surface area (Å²) in [5.74, 6) is 1.27. The minimum Gasteiger partial charge on any atom is -0.327 e. The maximum absolute atomic E-state index is 12.8. The Morgan fingerprint density at radius 3 is 2.64 bits per heavy atom. The summed E-state index contributed by atoms with van der Waals surface area (Å²) in [6, 6.07) is 3.71. The first-order valence-electron chi connectivity index (χ1n) is 9.68. The largest absolute Gasteiger partial charge is 0.327 e. The van der Waals surface area contributed by atoms with Crippen molar-refractivity contribution in [3.8, 4) is 0 Å². The summed E-state index contributed by atoms with van der Waals surface area (Å²) in [5, 5.41) is 6.73. The normalized spacial score (nSPS) is 18.8. The van der Waals surface area contributed by atoms with Crippen molar-refractivity contribution >= 4 is 29.5 Å². The Bertz CT molecular complexity index is 914. The topological polar surface area (TPSA) is 61.7 Å². The van der Waals surface area contributed by atoms with Gasteiger partial charge in [-0.05, 0) is 37.1 Å². The number of aromatic nitrogens is 2. The zero-order valence-electron chi connectivity index (χ0n) is 17.0. The van der Waals surface area contributed by atoms with Gasteiger partial charge >= 0.3 is 0 Å². The third-order valence-corrected chi connectivity index (χ3v) is 5.34. The maximum atomic E-state index is 12.8. The molecule has 0 fully saturated rings. The second kappa shape index (κ2) is 8.27. The van der Waals surface area contributed by atoms with E-state index in [0.717, 1.165) is 29.1 Å². The number of rotatable bonds is 3. The fraction of sp³-hybridized carbons (Fsp3) is 0.429. The van der Waals surface area contributed by atoms with Crippen molar-refractivity contribution in [2.45, 2.75) is 47.2 Å². The Labute approximate surface area is 171 Å². The summed E-state index contributed by atoms with van der Waals surface area (Å²) in [7, 11) is 0. The average Bonchev–Trinajstić information content (AvgIpc) is 3.27. The van der Waals surface area contributed by atoms with Crippen molar-refractivity contribution < 1.29 is 4.79 Å². The minimum absolute atomic E-state index is 0.0171. The van der Waals surface area contributed by atoms with Gasteiger partial charge in [-0.2, -0.15) is 5.10 Å². The standard InChI is InChI=1S/C19H20ClN5O.C2H6/c1-11-7-23-25(9-11)18-12(2)6-14(8-22-18)13(3)24-10-16-15(19(24)26)4-5-21-17(16)20;1-2/h4-8,11,13H,9-10H2,1-3H3;1-2H3. The molecule has 2 aliphatic heterocycles. The predicted molar refractivity (Wildman–Crippen MR) is 113 cm³/mol. The first-order valence-corrected chi connectivity index (χ1v) is 10.1. The molecule has 2 aromatic heterocycles. The van der Waals surface area contributed by atoms with E-state index in [-0.39, 0.29) is 11.9 Å². The van der Waals surface area contributed by atoms with E-state index < -0.39 is 0 Å². The molecule has 2 atom stereocenters.